The first-order valence-electron chi connectivity index (χ1n) is 3.25. The normalized spacial score (nSPS) is 37.5. The molecule has 0 N–H and O–H groups in total. The first kappa shape index (κ1) is 8.98. The van der Waals surface area contributed by atoms with Crippen molar-refractivity contribution < 1.29 is 0 Å². The van der Waals surface area contributed by atoms with Gasteiger partial charge in [-0.1, -0.05) is 25.9 Å². The zero-order valence-corrected chi connectivity index (χ0v) is 8.11. The van der Waals surface area contributed by atoms with Gasteiger partial charge in [0.1, 0.15) is 4.33 Å². The summed E-state index contributed by atoms with van der Waals surface area (Å²) >= 11 is 11.8. The number of halogens is 2. The minimum atomic E-state index is -0.924. The molecule has 1 unspecified atom stereocenters. The average molecular weight is 194 g/mol. The molecule has 1 fully saturated rings. The van der Waals surface area contributed by atoms with Crippen molar-refractivity contribution in [3.8, 4) is 0 Å². The van der Waals surface area contributed by atoms with Crippen molar-refractivity contribution in [1.82, 2.24) is 0 Å². The lowest BCUT2D eigenvalue weighted by Crippen LogP contribution is -2.07. The van der Waals surface area contributed by atoms with Crippen molar-refractivity contribution in [2.24, 2.45) is 10.5 Å². The molecule has 0 bridgehead atoms. The summed E-state index contributed by atoms with van der Waals surface area (Å²) in [6.45, 7) is 5.51. The lowest BCUT2D eigenvalue weighted by atomic mass is 10.1. The molecule has 0 heterocycles. The fourth-order valence-electron chi connectivity index (χ4n) is 1.23. The van der Waals surface area contributed by atoms with E-state index in [2.05, 4.69) is 10.0 Å². The first-order chi connectivity index (χ1) is 4.81. The third kappa shape index (κ3) is 0.738. The summed E-state index contributed by atoms with van der Waals surface area (Å²) in [7, 11) is 0. The van der Waals surface area contributed by atoms with E-state index in [-0.39, 0.29) is 5.41 Å². The van der Waals surface area contributed by atoms with Crippen LogP contribution in [0.2, 0.25) is 0 Å². The number of hydrogen-bond donors (Lipinski definition) is 0. The zero-order valence-electron chi connectivity index (χ0n) is 6.60. The molecule has 0 aliphatic heterocycles. The van der Waals surface area contributed by atoms with Crippen LogP contribution in [-0.2, 0) is 0 Å². The van der Waals surface area contributed by atoms with E-state index < -0.39 is 9.87 Å². The van der Waals surface area contributed by atoms with Gasteiger partial charge in [0.05, 0.1) is 5.54 Å². The Balaban J connectivity index is 3.05. The van der Waals surface area contributed by atoms with Crippen LogP contribution in [0.4, 0.5) is 0 Å². The van der Waals surface area contributed by atoms with E-state index in [9.17, 15) is 0 Å². The minimum absolute atomic E-state index is 0.338. The molecule has 0 radical (unpaired) electrons. The Bertz CT molecular complexity index is 226. The molecule has 1 rings (SSSR count). The van der Waals surface area contributed by atoms with Crippen molar-refractivity contribution in [2.75, 3.05) is 0 Å². The Kier molecular flexibility index (Phi) is 1.61. The maximum absolute atomic E-state index is 8.25. The summed E-state index contributed by atoms with van der Waals surface area (Å²) in [5.74, 6) is 0. The number of nitrogens with zero attached hydrogens (tertiary/aromatic N) is 3. The van der Waals surface area contributed by atoms with Gasteiger partial charge in [0.2, 0.25) is 0 Å². The van der Waals surface area contributed by atoms with Gasteiger partial charge < -0.3 is 0 Å². The number of alkyl halides is 2. The third-order valence-electron chi connectivity index (χ3n) is 2.80. The molecule has 1 atom stereocenters. The highest BCUT2D eigenvalue weighted by atomic mass is 35.5. The number of azide groups is 1. The molecule has 1 aliphatic carbocycles. The molecule has 62 valence electrons. The summed E-state index contributed by atoms with van der Waals surface area (Å²) in [6.07, 6.45) is 0. The van der Waals surface area contributed by atoms with Crippen molar-refractivity contribution >= 4 is 23.2 Å². The molecule has 0 amide bonds. The Morgan fingerprint density at radius 3 is 1.73 bits per heavy atom. The second-order valence-electron chi connectivity index (χ2n) is 3.46. The van der Waals surface area contributed by atoms with Crippen LogP contribution in [-0.4, -0.2) is 9.87 Å². The van der Waals surface area contributed by atoms with E-state index in [1.807, 2.05) is 13.8 Å². The highest BCUT2D eigenvalue weighted by Crippen LogP contribution is 2.73. The van der Waals surface area contributed by atoms with Gasteiger partial charge in [-0.3, -0.25) is 0 Å². The summed E-state index contributed by atoms with van der Waals surface area (Å²) in [6, 6.07) is 0. The molecule has 5 heteroatoms. The van der Waals surface area contributed by atoms with Crippen LogP contribution in [0.3, 0.4) is 0 Å². The van der Waals surface area contributed by atoms with Gasteiger partial charge in [0, 0.05) is 10.3 Å². The van der Waals surface area contributed by atoms with Crippen LogP contribution < -0.4 is 0 Å². The van der Waals surface area contributed by atoms with E-state index in [0.717, 1.165) is 0 Å². The maximum Gasteiger partial charge on any atom is 0.135 e. The molecule has 0 aromatic rings. The Morgan fingerprint density at radius 2 is 1.64 bits per heavy atom. The summed E-state index contributed by atoms with van der Waals surface area (Å²) in [5, 5.41) is 3.59. The van der Waals surface area contributed by atoms with Gasteiger partial charge in [0.15, 0.2) is 0 Å². The Labute approximate surface area is 75.3 Å². The predicted octanol–water partition coefficient (Wildman–Crippen LogP) is 3.27. The molecule has 11 heavy (non-hydrogen) atoms. The monoisotopic (exact) mass is 193 g/mol. The lowest BCUT2D eigenvalue weighted by molar-refractivity contribution is 0.522. The lowest BCUT2D eigenvalue weighted by Gasteiger charge is -2.02. The standard InChI is InChI=1S/C6H9Cl2N3/c1-4(2)5(3,10-11-9)6(4,7)8/h1-3H3. The molecule has 3 nitrogen and oxygen atoms in total. The van der Waals surface area contributed by atoms with Crippen molar-refractivity contribution in [3.63, 3.8) is 0 Å². The van der Waals surface area contributed by atoms with E-state index >= 15 is 0 Å². The number of rotatable bonds is 1. The van der Waals surface area contributed by atoms with Crippen LogP contribution in [0.25, 0.3) is 10.4 Å². The van der Waals surface area contributed by atoms with Crippen LogP contribution in [0.1, 0.15) is 20.8 Å². The third-order valence-corrected chi connectivity index (χ3v) is 4.48. The molecular formula is C6H9Cl2N3. The van der Waals surface area contributed by atoms with Gasteiger partial charge >= 0.3 is 0 Å². The highest BCUT2D eigenvalue weighted by Gasteiger charge is 2.79. The zero-order chi connectivity index (χ0) is 8.91. The number of hydrogen-bond acceptors (Lipinski definition) is 1. The van der Waals surface area contributed by atoms with Crippen molar-refractivity contribution in [1.29, 1.82) is 0 Å². The van der Waals surface area contributed by atoms with Crippen molar-refractivity contribution in [3.05, 3.63) is 10.4 Å². The summed E-state index contributed by atoms with van der Waals surface area (Å²) in [5.41, 5.74) is 7.24. The fraction of sp³-hybridized carbons (Fsp3) is 1.00. The molecule has 0 spiro atoms. The van der Waals surface area contributed by atoms with Crippen LogP contribution in [0.5, 0.6) is 0 Å². The summed E-state index contributed by atoms with van der Waals surface area (Å²) in [4.78, 5) is 2.72. The average Bonchev–Trinajstić information content (AvgIpc) is 2.12. The van der Waals surface area contributed by atoms with Crippen molar-refractivity contribution in [2.45, 2.75) is 30.6 Å². The van der Waals surface area contributed by atoms with Crippen LogP contribution in [0.15, 0.2) is 5.11 Å². The topological polar surface area (TPSA) is 48.8 Å². The maximum atomic E-state index is 8.25. The van der Waals surface area contributed by atoms with E-state index in [1.54, 1.807) is 6.92 Å². The Morgan fingerprint density at radius 1 is 1.27 bits per heavy atom. The second-order valence-corrected chi connectivity index (χ2v) is 4.79. The van der Waals surface area contributed by atoms with E-state index in [4.69, 9.17) is 28.7 Å². The first-order valence-corrected chi connectivity index (χ1v) is 4.01. The molecular weight excluding hydrogens is 185 g/mol. The van der Waals surface area contributed by atoms with Gasteiger partial charge in [-0.15, -0.1) is 23.2 Å². The fourth-order valence-corrected chi connectivity index (χ4v) is 2.05. The van der Waals surface area contributed by atoms with E-state index in [1.165, 1.54) is 0 Å². The highest BCUT2D eigenvalue weighted by molar-refractivity contribution is 6.53. The van der Waals surface area contributed by atoms with Crippen LogP contribution >= 0.6 is 23.2 Å². The van der Waals surface area contributed by atoms with Gasteiger partial charge in [0.25, 0.3) is 0 Å². The molecule has 0 aromatic heterocycles. The quantitative estimate of drug-likeness (QED) is 0.266. The second kappa shape index (κ2) is 1.98. The van der Waals surface area contributed by atoms with Gasteiger partial charge in [-0.05, 0) is 5.53 Å². The Hall–Kier alpha value is -0.110. The van der Waals surface area contributed by atoms with Gasteiger partial charge in [-0.25, -0.2) is 0 Å². The molecule has 0 aromatic carbocycles. The van der Waals surface area contributed by atoms with Gasteiger partial charge in [-0.2, -0.15) is 0 Å². The molecule has 1 saturated carbocycles. The molecule has 1 aliphatic rings. The van der Waals surface area contributed by atoms with Crippen LogP contribution in [0, 0.1) is 5.41 Å². The van der Waals surface area contributed by atoms with E-state index in [0.29, 0.717) is 0 Å². The SMILES string of the molecule is CC1(C)C(Cl)(Cl)C1(C)N=[N+]=[N-]. The minimum Gasteiger partial charge on any atom is -0.100 e. The molecule has 0 saturated heterocycles. The predicted molar refractivity (Wildman–Crippen MR) is 45.8 cm³/mol. The smallest absolute Gasteiger partial charge is 0.100 e. The largest absolute Gasteiger partial charge is 0.135 e. The summed E-state index contributed by atoms with van der Waals surface area (Å²) < 4.78 is -0.924.